The second-order valence-electron chi connectivity index (χ2n) is 6.67. The van der Waals surface area contributed by atoms with Crippen LogP contribution in [0.5, 0.6) is 0 Å². The lowest BCUT2D eigenvalue weighted by atomic mass is 9.99. The minimum absolute atomic E-state index is 0.300. The molecule has 0 radical (unpaired) electrons. The number of hydrogen-bond donors (Lipinski definition) is 1. The Morgan fingerprint density at radius 2 is 1.90 bits per heavy atom. The zero-order chi connectivity index (χ0) is 14.8. The zero-order valence-corrected chi connectivity index (χ0v) is 12.7. The van der Waals surface area contributed by atoms with Crippen LogP contribution in [0.15, 0.2) is 18.2 Å². The van der Waals surface area contributed by atoms with E-state index in [0.717, 1.165) is 24.8 Å². The highest BCUT2D eigenvalue weighted by Crippen LogP contribution is 2.57. The van der Waals surface area contributed by atoms with Crippen molar-refractivity contribution in [2.75, 3.05) is 6.54 Å². The molecule has 116 valence electrons. The average Bonchev–Trinajstić information content (AvgIpc) is 3.22. The maximum absolute atomic E-state index is 13.9. The van der Waals surface area contributed by atoms with Crippen LogP contribution in [-0.2, 0) is 6.42 Å². The predicted octanol–water partition coefficient (Wildman–Crippen LogP) is 4.31. The topological polar surface area (TPSA) is 12.0 Å². The first-order valence-electron chi connectivity index (χ1n) is 8.38. The molecule has 0 amide bonds. The van der Waals surface area contributed by atoms with Gasteiger partial charge in [0.2, 0.25) is 0 Å². The molecule has 1 nitrogen and oxygen atoms in total. The first-order chi connectivity index (χ1) is 10.2. The number of fused-ring (bicyclic) bond motifs is 1. The third kappa shape index (κ3) is 3.13. The summed E-state index contributed by atoms with van der Waals surface area (Å²) >= 11 is 0. The van der Waals surface area contributed by atoms with Gasteiger partial charge in [-0.25, -0.2) is 8.78 Å². The molecule has 1 aromatic carbocycles. The highest BCUT2D eigenvalue weighted by Gasteiger charge is 2.53. The maximum atomic E-state index is 13.9. The van der Waals surface area contributed by atoms with Crippen molar-refractivity contribution in [1.29, 1.82) is 0 Å². The molecule has 3 rings (SSSR count). The molecular formula is C18H25F2N. The third-order valence-electron chi connectivity index (χ3n) is 5.32. The van der Waals surface area contributed by atoms with Crippen LogP contribution >= 0.6 is 0 Å². The molecule has 0 heterocycles. The Hall–Kier alpha value is -0.960. The second-order valence-corrected chi connectivity index (χ2v) is 6.67. The van der Waals surface area contributed by atoms with E-state index >= 15 is 0 Å². The van der Waals surface area contributed by atoms with Gasteiger partial charge in [-0.05, 0) is 61.6 Å². The van der Waals surface area contributed by atoms with E-state index in [4.69, 9.17) is 0 Å². The minimum atomic E-state index is -0.727. The quantitative estimate of drug-likeness (QED) is 0.824. The van der Waals surface area contributed by atoms with Crippen LogP contribution in [-0.4, -0.2) is 12.6 Å². The molecular weight excluding hydrogens is 268 g/mol. The van der Waals surface area contributed by atoms with Gasteiger partial charge >= 0.3 is 0 Å². The Labute approximate surface area is 126 Å². The molecule has 2 fully saturated rings. The molecule has 1 aromatic rings. The number of halogens is 2. The summed E-state index contributed by atoms with van der Waals surface area (Å²) in [7, 11) is 0. The molecule has 1 N–H and O–H groups in total. The first-order valence-corrected chi connectivity index (χ1v) is 8.38. The Morgan fingerprint density at radius 3 is 2.57 bits per heavy atom. The van der Waals surface area contributed by atoms with E-state index < -0.39 is 11.6 Å². The van der Waals surface area contributed by atoms with Gasteiger partial charge in [-0.2, -0.15) is 0 Å². The first kappa shape index (κ1) is 15.0. The highest BCUT2D eigenvalue weighted by atomic mass is 19.2. The Bertz CT molecular complexity index is 476. The molecule has 21 heavy (non-hydrogen) atoms. The normalized spacial score (nSPS) is 29.0. The smallest absolute Gasteiger partial charge is 0.162 e. The number of nitrogens with one attached hydrogen (secondary N) is 1. The van der Waals surface area contributed by atoms with Gasteiger partial charge in [0.25, 0.3) is 0 Å². The van der Waals surface area contributed by atoms with Crippen molar-refractivity contribution in [3.63, 3.8) is 0 Å². The van der Waals surface area contributed by atoms with E-state index in [2.05, 4.69) is 12.2 Å². The van der Waals surface area contributed by atoms with Gasteiger partial charge < -0.3 is 5.32 Å². The van der Waals surface area contributed by atoms with Gasteiger partial charge in [0.05, 0.1) is 0 Å². The summed E-state index contributed by atoms with van der Waals surface area (Å²) < 4.78 is 27.3. The van der Waals surface area contributed by atoms with E-state index in [-0.39, 0.29) is 0 Å². The summed E-state index contributed by atoms with van der Waals surface area (Å²) in [5.41, 5.74) is 0.521. The molecule has 2 aliphatic rings. The van der Waals surface area contributed by atoms with Crippen molar-refractivity contribution in [3.05, 3.63) is 35.4 Å². The Kier molecular flexibility index (Phi) is 4.58. The molecule has 0 aliphatic heterocycles. The summed E-state index contributed by atoms with van der Waals surface area (Å²) in [5, 5.41) is 3.59. The van der Waals surface area contributed by atoms with Gasteiger partial charge in [-0.3, -0.25) is 0 Å². The predicted molar refractivity (Wildman–Crippen MR) is 81.1 cm³/mol. The van der Waals surface area contributed by atoms with E-state index in [1.165, 1.54) is 31.7 Å². The molecule has 0 spiro atoms. The summed E-state index contributed by atoms with van der Waals surface area (Å²) in [5.74, 6) is 0.926. The van der Waals surface area contributed by atoms with Crippen LogP contribution in [0.3, 0.4) is 0 Å². The second kappa shape index (κ2) is 6.43. The fraction of sp³-hybridized carbons (Fsp3) is 0.667. The fourth-order valence-electron chi connectivity index (χ4n) is 4.26. The summed E-state index contributed by atoms with van der Waals surface area (Å²) in [6.45, 7) is 3.10. The largest absolute Gasteiger partial charge is 0.313 e. The third-order valence-corrected chi connectivity index (χ3v) is 5.32. The monoisotopic (exact) mass is 293 g/mol. The van der Waals surface area contributed by atoms with E-state index in [1.54, 1.807) is 12.1 Å². The van der Waals surface area contributed by atoms with E-state index in [1.807, 2.05) is 0 Å². The lowest BCUT2D eigenvalue weighted by Crippen LogP contribution is -2.35. The van der Waals surface area contributed by atoms with E-state index in [0.29, 0.717) is 23.9 Å². The SMILES string of the molecule is CCCNC(Cc1cccc(F)c1F)C1C2CCCCC21. The fourth-order valence-corrected chi connectivity index (χ4v) is 4.26. The average molecular weight is 293 g/mol. The highest BCUT2D eigenvalue weighted by molar-refractivity contribution is 5.21. The van der Waals surface area contributed by atoms with Gasteiger partial charge in [0.15, 0.2) is 11.6 Å². The summed E-state index contributed by atoms with van der Waals surface area (Å²) in [6, 6.07) is 4.84. The Balaban J connectivity index is 1.72. The van der Waals surface area contributed by atoms with Crippen molar-refractivity contribution in [3.8, 4) is 0 Å². The molecule has 3 heteroatoms. The van der Waals surface area contributed by atoms with Crippen LogP contribution in [0.1, 0.15) is 44.6 Å². The van der Waals surface area contributed by atoms with Crippen molar-refractivity contribution in [1.82, 2.24) is 5.32 Å². The minimum Gasteiger partial charge on any atom is -0.313 e. The van der Waals surface area contributed by atoms with Gasteiger partial charge in [-0.1, -0.05) is 31.9 Å². The molecule has 3 unspecified atom stereocenters. The van der Waals surface area contributed by atoms with Gasteiger partial charge in [0, 0.05) is 6.04 Å². The number of benzene rings is 1. The van der Waals surface area contributed by atoms with Crippen molar-refractivity contribution in [2.45, 2.75) is 51.5 Å². The molecule has 2 saturated carbocycles. The summed E-state index contributed by atoms with van der Waals surface area (Å²) in [6.07, 6.45) is 7.01. The van der Waals surface area contributed by atoms with Crippen LogP contribution < -0.4 is 5.32 Å². The lowest BCUT2D eigenvalue weighted by Gasteiger charge is -2.19. The lowest BCUT2D eigenvalue weighted by molar-refractivity contribution is 0.416. The zero-order valence-electron chi connectivity index (χ0n) is 12.7. The standard InChI is InChI=1S/C18H25F2N/c1-2-10-21-16(17-13-7-3-4-8-14(13)17)11-12-6-5-9-15(19)18(12)20/h5-6,9,13-14,16-17,21H,2-4,7-8,10-11H2,1H3. The van der Waals surface area contributed by atoms with Crippen molar-refractivity contribution >= 4 is 0 Å². The molecule has 0 bridgehead atoms. The number of rotatable bonds is 6. The molecule has 0 saturated heterocycles. The van der Waals surface area contributed by atoms with E-state index in [9.17, 15) is 8.78 Å². The Morgan fingerprint density at radius 1 is 1.19 bits per heavy atom. The van der Waals surface area contributed by atoms with Gasteiger partial charge in [-0.15, -0.1) is 0 Å². The van der Waals surface area contributed by atoms with Crippen LogP contribution in [0.25, 0.3) is 0 Å². The molecule has 0 aromatic heterocycles. The summed E-state index contributed by atoms with van der Waals surface area (Å²) in [4.78, 5) is 0. The van der Waals surface area contributed by atoms with Crippen LogP contribution in [0.2, 0.25) is 0 Å². The maximum Gasteiger partial charge on any atom is 0.162 e. The molecule has 2 aliphatic carbocycles. The van der Waals surface area contributed by atoms with Crippen LogP contribution in [0, 0.1) is 29.4 Å². The van der Waals surface area contributed by atoms with Crippen molar-refractivity contribution in [2.24, 2.45) is 17.8 Å². The van der Waals surface area contributed by atoms with Gasteiger partial charge in [0.1, 0.15) is 0 Å². The molecule has 3 atom stereocenters. The van der Waals surface area contributed by atoms with Crippen LogP contribution in [0.4, 0.5) is 8.78 Å². The van der Waals surface area contributed by atoms with Crippen molar-refractivity contribution < 1.29 is 8.78 Å². The number of hydrogen-bond acceptors (Lipinski definition) is 1.